The smallest absolute Gasteiger partial charge is 0.0633 e. The van der Waals surface area contributed by atoms with E-state index < -0.39 is 0 Å². The predicted molar refractivity (Wildman–Crippen MR) is 95.6 cm³/mol. The monoisotopic (exact) mass is 288 g/mol. The fraction of sp³-hybridized carbons (Fsp3) is 0.100. The van der Waals surface area contributed by atoms with Gasteiger partial charge in [-0.1, -0.05) is 71.8 Å². The van der Waals surface area contributed by atoms with Gasteiger partial charge in [0, 0.05) is 11.1 Å². The third kappa shape index (κ3) is 2.56. The van der Waals surface area contributed by atoms with Gasteiger partial charge in [0.2, 0.25) is 0 Å². The molecule has 0 heterocycles. The van der Waals surface area contributed by atoms with E-state index in [1.807, 2.05) is 12.1 Å². The maximum Gasteiger partial charge on any atom is 0.0633 e. The molecule has 0 amide bonds. The van der Waals surface area contributed by atoms with Crippen molar-refractivity contribution in [1.82, 2.24) is 0 Å². The van der Waals surface area contributed by atoms with Crippen LogP contribution in [0, 0.1) is 13.8 Å². The van der Waals surface area contributed by atoms with E-state index in [9.17, 15) is 0 Å². The van der Waals surface area contributed by atoms with Gasteiger partial charge in [0.05, 0.1) is 11.4 Å². The van der Waals surface area contributed by atoms with Crippen LogP contribution in [0.5, 0.6) is 0 Å². The Morgan fingerprint density at radius 1 is 0.500 bits per heavy atom. The molecular weight excluding hydrogens is 268 g/mol. The quantitative estimate of drug-likeness (QED) is 0.665. The summed E-state index contributed by atoms with van der Waals surface area (Å²) in [7, 11) is 0. The molecule has 0 aliphatic rings. The van der Waals surface area contributed by atoms with Crippen LogP contribution >= 0.6 is 0 Å². The van der Waals surface area contributed by atoms with Gasteiger partial charge >= 0.3 is 0 Å². The van der Waals surface area contributed by atoms with Gasteiger partial charge in [-0.3, -0.25) is 0 Å². The summed E-state index contributed by atoms with van der Waals surface area (Å²) in [6, 6.07) is 20.7. The summed E-state index contributed by atoms with van der Waals surface area (Å²) in [5, 5.41) is 0. The zero-order chi connectivity index (χ0) is 15.7. The van der Waals surface area contributed by atoms with Crippen molar-refractivity contribution in [3.05, 3.63) is 71.8 Å². The van der Waals surface area contributed by atoms with Crippen molar-refractivity contribution in [3.63, 3.8) is 0 Å². The van der Waals surface area contributed by atoms with Gasteiger partial charge in [0.25, 0.3) is 0 Å². The summed E-state index contributed by atoms with van der Waals surface area (Å²) >= 11 is 0. The molecular formula is C20H20N2. The first-order chi connectivity index (χ1) is 10.6. The van der Waals surface area contributed by atoms with E-state index in [1.165, 1.54) is 11.1 Å². The van der Waals surface area contributed by atoms with E-state index in [0.717, 1.165) is 22.3 Å². The van der Waals surface area contributed by atoms with Crippen molar-refractivity contribution in [2.45, 2.75) is 13.8 Å². The molecule has 0 aliphatic carbocycles. The summed E-state index contributed by atoms with van der Waals surface area (Å²) in [6.07, 6.45) is 0. The lowest BCUT2D eigenvalue weighted by Gasteiger charge is -2.14. The lowest BCUT2D eigenvalue weighted by atomic mass is 9.95. The van der Waals surface area contributed by atoms with Crippen LogP contribution in [-0.4, -0.2) is 0 Å². The SMILES string of the molecule is Cc1ccc(-c2ccc(-c3ccc(C)cc3)c(N)c2N)cc1. The van der Waals surface area contributed by atoms with Crippen molar-refractivity contribution in [3.8, 4) is 22.3 Å². The summed E-state index contributed by atoms with van der Waals surface area (Å²) in [4.78, 5) is 0. The zero-order valence-electron chi connectivity index (χ0n) is 12.9. The largest absolute Gasteiger partial charge is 0.397 e. The van der Waals surface area contributed by atoms with Gasteiger partial charge in [-0.25, -0.2) is 0 Å². The number of nitrogens with two attached hydrogens (primary N) is 2. The molecule has 0 aliphatic heterocycles. The highest BCUT2D eigenvalue weighted by Crippen LogP contribution is 2.37. The first-order valence-electron chi connectivity index (χ1n) is 7.38. The van der Waals surface area contributed by atoms with Gasteiger partial charge in [-0.2, -0.15) is 0 Å². The molecule has 0 saturated carbocycles. The molecule has 3 aromatic carbocycles. The van der Waals surface area contributed by atoms with Crippen molar-refractivity contribution < 1.29 is 0 Å². The second-order valence-electron chi connectivity index (χ2n) is 5.72. The highest BCUT2D eigenvalue weighted by molar-refractivity contribution is 5.93. The molecule has 0 spiro atoms. The molecule has 110 valence electrons. The number of anilines is 2. The molecule has 0 atom stereocenters. The topological polar surface area (TPSA) is 52.0 Å². The highest BCUT2D eigenvalue weighted by atomic mass is 14.7. The second-order valence-corrected chi connectivity index (χ2v) is 5.72. The summed E-state index contributed by atoms with van der Waals surface area (Å²) in [5.74, 6) is 0. The standard InChI is InChI=1S/C20H20N2/c1-13-3-7-15(8-4-13)17-11-12-18(20(22)19(17)21)16-9-5-14(2)6-10-16/h3-12H,21-22H2,1-2H3. The van der Waals surface area contributed by atoms with Gasteiger partial charge in [0.15, 0.2) is 0 Å². The minimum absolute atomic E-state index is 0.641. The number of nitrogen functional groups attached to an aromatic ring is 2. The molecule has 3 rings (SSSR count). The van der Waals surface area contributed by atoms with Crippen LogP contribution in [0.25, 0.3) is 22.3 Å². The minimum Gasteiger partial charge on any atom is -0.397 e. The van der Waals surface area contributed by atoms with Crippen LogP contribution in [0.15, 0.2) is 60.7 Å². The van der Waals surface area contributed by atoms with Crippen LogP contribution < -0.4 is 11.5 Å². The normalized spacial score (nSPS) is 10.6. The zero-order valence-corrected chi connectivity index (χ0v) is 12.9. The maximum absolute atomic E-state index is 6.30. The molecule has 0 bridgehead atoms. The Morgan fingerprint density at radius 3 is 1.14 bits per heavy atom. The Labute approximate surface area is 131 Å². The Morgan fingerprint density at radius 2 is 0.818 bits per heavy atom. The summed E-state index contributed by atoms with van der Waals surface area (Å²) in [6.45, 7) is 4.14. The third-order valence-corrected chi connectivity index (χ3v) is 4.01. The van der Waals surface area contributed by atoms with E-state index in [1.54, 1.807) is 0 Å². The lowest BCUT2D eigenvalue weighted by molar-refractivity contribution is 1.46. The van der Waals surface area contributed by atoms with Crippen molar-refractivity contribution in [1.29, 1.82) is 0 Å². The van der Waals surface area contributed by atoms with Crippen molar-refractivity contribution in [2.24, 2.45) is 0 Å². The Balaban J connectivity index is 2.08. The summed E-state index contributed by atoms with van der Waals surface area (Å²) < 4.78 is 0. The van der Waals surface area contributed by atoms with Gasteiger partial charge in [-0.15, -0.1) is 0 Å². The molecule has 0 saturated heterocycles. The average Bonchev–Trinajstić information content (AvgIpc) is 2.52. The molecule has 22 heavy (non-hydrogen) atoms. The Kier molecular flexibility index (Phi) is 3.60. The molecule has 3 aromatic rings. The highest BCUT2D eigenvalue weighted by Gasteiger charge is 2.11. The van der Waals surface area contributed by atoms with Crippen LogP contribution in [0.4, 0.5) is 11.4 Å². The number of aryl methyl sites for hydroxylation is 2. The molecule has 0 unspecified atom stereocenters. The van der Waals surface area contributed by atoms with Gasteiger partial charge < -0.3 is 11.5 Å². The van der Waals surface area contributed by atoms with E-state index in [2.05, 4.69) is 62.4 Å². The molecule has 2 nitrogen and oxygen atoms in total. The molecule has 2 heteroatoms. The van der Waals surface area contributed by atoms with E-state index in [0.29, 0.717) is 11.4 Å². The van der Waals surface area contributed by atoms with Crippen LogP contribution in [0.3, 0.4) is 0 Å². The number of benzene rings is 3. The molecule has 0 radical (unpaired) electrons. The molecule has 4 N–H and O–H groups in total. The average molecular weight is 288 g/mol. The van der Waals surface area contributed by atoms with Crippen molar-refractivity contribution >= 4 is 11.4 Å². The van der Waals surface area contributed by atoms with Crippen LogP contribution in [0.2, 0.25) is 0 Å². The number of hydrogen-bond donors (Lipinski definition) is 2. The lowest BCUT2D eigenvalue weighted by Crippen LogP contribution is -2.00. The number of rotatable bonds is 2. The van der Waals surface area contributed by atoms with Gasteiger partial charge in [0.1, 0.15) is 0 Å². The van der Waals surface area contributed by atoms with Gasteiger partial charge in [-0.05, 0) is 25.0 Å². The fourth-order valence-corrected chi connectivity index (χ4v) is 2.61. The molecule has 0 fully saturated rings. The Hall–Kier alpha value is -2.74. The first kappa shape index (κ1) is 14.2. The second kappa shape index (κ2) is 5.57. The first-order valence-corrected chi connectivity index (χ1v) is 7.38. The maximum atomic E-state index is 6.30. The van der Waals surface area contributed by atoms with Crippen LogP contribution in [0.1, 0.15) is 11.1 Å². The third-order valence-electron chi connectivity index (χ3n) is 4.01. The predicted octanol–water partition coefficient (Wildman–Crippen LogP) is 4.80. The minimum atomic E-state index is 0.641. The Bertz CT molecular complexity index is 730. The van der Waals surface area contributed by atoms with E-state index >= 15 is 0 Å². The fourth-order valence-electron chi connectivity index (χ4n) is 2.61. The molecule has 0 aromatic heterocycles. The van der Waals surface area contributed by atoms with E-state index in [-0.39, 0.29) is 0 Å². The number of hydrogen-bond acceptors (Lipinski definition) is 2. The summed E-state index contributed by atoms with van der Waals surface area (Å²) in [5.41, 5.74) is 20.5. The van der Waals surface area contributed by atoms with E-state index in [4.69, 9.17) is 11.5 Å². The van der Waals surface area contributed by atoms with Crippen molar-refractivity contribution in [2.75, 3.05) is 11.5 Å². The van der Waals surface area contributed by atoms with Crippen LogP contribution in [-0.2, 0) is 0 Å².